The van der Waals surface area contributed by atoms with Crippen molar-refractivity contribution in [3.8, 4) is 0 Å². The van der Waals surface area contributed by atoms with E-state index in [4.69, 9.17) is 11.6 Å². The summed E-state index contributed by atoms with van der Waals surface area (Å²) in [5.41, 5.74) is 0. The molecule has 1 aromatic carbocycles. The maximum Gasteiger partial charge on any atom is 0.230 e. The zero-order valence-corrected chi connectivity index (χ0v) is 13.2. The largest absolute Gasteiger partial charge is 0.354 e. The van der Waals surface area contributed by atoms with E-state index in [-0.39, 0.29) is 17.7 Å². The first-order chi connectivity index (χ1) is 9.49. The van der Waals surface area contributed by atoms with Gasteiger partial charge in [-0.1, -0.05) is 25.4 Å². The van der Waals surface area contributed by atoms with Crippen LogP contribution < -0.4 is 10.6 Å². The van der Waals surface area contributed by atoms with Crippen LogP contribution in [0.25, 0.3) is 0 Å². The number of halogens is 1. The predicted molar refractivity (Wildman–Crippen MR) is 83.0 cm³/mol. The Morgan fingerprint density at radius 3 is 2.35 bits per heavy atom. The van der Waals surface area contributed by atoms with Crippen LogP contribution in [0.5, 0.6) is 0 Å². The zero-order valence-electron chi connectivity index (χ0n) is 11.6. The fourth-order valence-electron chi connectivity index (χ4n) is 1.32. The first-order valence-electron chi connectivity index (χ1n) is 6.42. The summed E-state index contributed by atoms with van der Waals surface area (Å²) in [5.74, 6) is 0.254. The number of benzene rings is 1. The summed E-state index contributed by atoms with van der Waals surface area (Å²) in [4.78, 5) is 23.9. The summed E-state index contributed by atoms with van der Waals surface area (Å²) < 4.78 is 0. The average molecular weight is 315 g/mol. The number of thioether (sulfide) groups is 1. The third-order valence-electron chi connectivity index (χ3n) is 2.45. The molecule has 0 aliphatic carbocycles. The van der Waals surface area contributed by atoms with E-state index in [9.17, 15) is 9.59 Å². The van der Waals surface area contributed by atoms with Crippen LogP contribution in [0.1, 0.15) is 13.8 Å². The fourth-order valence-corrected chi connectivity index (χ4v) is 2.18. The number of hydrogen-bond acceptors (Lipinski definition) is 3. The van der Waals surface area contributed by atoms with Crippen molar-refractivity contribution in [1.29, 1.82) is 0 Å². The van der Waals surface area contributed by atoms with Gasteiger partial charge in [0.05, 0.1) is 5.75 Å². The van der Waals surface area contributed by atoms with E-state index in [1.165, 1.54) is 11.8 Å². The summed E-state index contributed by atoms with van der Waals surface area (Å²) in [6.45, 7) is 4.56. The predicted octanol–water partition coefficient (Wildman–Crippen LogP) is 2.32. The second-order valence-corrected chi connectivity index (χ2v) is 6.02. The van der Waals surface area contributed by atoms with Gasteiger partial charge in [-0.2, -0.15) is 0 Å². The van der Waals surface area contributed by atoms with Crippen molar-refractivity contribution in [2.24, 2.45) is 5.92 Å². The van der Waals surface area contributed by atoms with Gasteiger partial charge in [-0.3, -0.25) is 9.59 Å². The van der Waals surface area contributed by atoms with Crippen LogP contribution in [-0.4, -0.2) is 30.7 Å². The molecule has 2 amide bonds. The highest BCUT2D eigenvalue weighted by Crippen LogP contribution is 2.19. The third-order valence-corrected chi connectivity index (χ3v) is 3.72. The van der Waals surface area contributed by atoms with Crippen LogP contribution in [0.15, 0.2) is 29.2 Å². The average Bonchev–Trinajstić information content (AvgIpc) is 2.42. The lowest BCUT2D eigenvalue weighted by Crippen LogP contribution is -2.36. The first-order valence-corrected chi connectivity index (χ1v) is 7.78. The quantitative estimate of drug-likeness (QED) is 0.600. The molecule has 6 heteroatoms. The minimum atomic E-state index is -0.0521. The minimum Gasteiger partial charge on any atom is -0.354 e. The molecule has 0 spiro atoms. The normalized spacial score (nSPS) is 10.4. The molecule has 2 N–H and O–H groups in total. The van der Waals surface area contributed by atoms with E-state index < -0.39 is 0 Å². The van der Waals surface area contributed by atoms with Crippen molar-refractivity contribution < 1.29 is 9.59 Å². The summed E-state index contributed by atoms with van der Waals surface area (Å²) in [6, 6.07) is 7.35. The Morgan fingerprint density at radius 2 is 1.75 bits per heavy atom. The van der Waals surface area contributed by atoms with Crippen LogP contribution in [0.3, 0.4) is 0 Å². The highest BCUT2D eigenvalue weighted by Gasteiger charge is 2.06. The molecule has 1 rings (SSSR count). The fraction of sp³-hybridized carbons (Fsp3) is 0.429. The van der Waals surface area contributed by atoms with Crippen molar-refractivity contribution >= 4 is 35.2 Å². The van der Waals surface area contributed by atoms with E-state index in [1.807, 2.05) is 26.0 Å². The van der Waals surface area contributed by atoms with E-state index in [0.717, 1.165) is 4.90 Å². The Morgan fingerprint density at radius 1 is 1.15 bits per heavy atom. The second kappa shape index (κ2) is 8.87. The molecule has 0 heterocycles. The summed E-state index contributed by atoms with van der Waals surface area (Å²) in [7, 11) is 0. The van der Waals surface area contributed by atoms with E-state index in [1.54, 1.807) is 12.1 Å². The number of amides is 2. The van der Waals surface area contributed by atoms with Gasteiger partial charge < -0.3 is 10.6 Å². The first kappa shape index (κ1) is 16.9. The summed E-state index contributed by atoms with van der Waals surface area (Å²) in [5, 5.41) is 6.18. The molecule has 0 bridgehead atoms. The minimum absolute atomic E-state index is 0.00483. The Labute approximate surface area is 128 Å². The van der Waals surface area contributed by atoms with Gasteiger partial charge in [0, 0.05) is 28.9 Å². The topological polar surface area (TPSA) is 58.2 Å². The number of rotatable bonds is 7. The van der Waals surface area contributed by atoms with Crippen LogP contribution in [-0.2, 0) is 9.59 Å². The van der Waals surface area contributed by atoms with Crippen LogP contribution in [0.2, 0.25) is 5.02 Å². The number of carbonyl (C=O) groups excluding carboxylic acids is 2. The van der Waals surface area contributed by atoms with E-state index in [0.29, 0.717) is 23.9 Å². The molecule has 0 radical (unpaired) electrons. The third kappa shape index (κ3) is 6.82. The molecule has 4 nitrogen and oxygen atoms in total. The molecule has 0 unspecified atom stereocenters. The molecule has 0 fully saturated rings. The molecule has 0 atom stereocenters. The van der Waals surface area contributed by atoms with Gasteiger partial charge in [0.1, 0.15) is 0 Å². The highest BCUT2D eigenvalue weighted by molar-refractivity contribution is 8.00. The number of nitrogens with one attached hydrogen (secondary N) is 2. The molecule has 0 saturated carbocycles. The molecule has 1 aromatic rings. The van der Waals surface area contributed by atoms with Crippen molar-refractivity contribution in [1.82, 2.24) is 10.6 Å². The van der Waals surface area contributed by atoms with Gasteiger partial charge in [0.15, 0.2) is 0 Å². The van der Waals surface area contributed by atoms with Crippen LogP contribution in [0, 0.1) is 5.92 Å². The maximum absolute atomic E-state index is 11.6. The van der Waals surface area contributed by atoms with Crippen LogP contribution in [0.4, 0.5) is 0 Å². The summed E-state index contributed by atoms with van der Waals surface area (Å²) >= 11 is 7.23. The van der Waals surface area contributed by atoms with E-state index in [2.05, 4.69) is 10.6 Å². The standard InChI is InChI=1S/C14H19ClN2O2S/c1-10(2)14(19)17-8-7-16-13(18)9-20-12-5-3-11(15)4-6-12/h3-6,10H,7-9H2,1-2H3,(H,16,18)(H,17,19). The number of hydrogen-bond donors (Lipinski definition) is 2. The van der Waals surface area contributed by atoms with Gasteiger partial charge in [0.25, 0.3) is 0 Å². The van der Waals surface area contributed by atoms with Gasteiger partial charge in [-0.15, -0.1) is 11.8 Å². The monoisotopic (exact) mass is 314 g/mol. The van der Waals surface area contributed by atoms with Gasteiger partial charge in [-0.05, 0) is 24.3 Å². The lowest BCUT2D eigenvalue weighted by atomic mass is 10.2. The van der Waals surface area contributed by atoms with Crippen molar-refractivity contribution in [3.05, 3.63) is 29.3 Å². The Hall–Kier alpha value is -1.20. The molecular weight excluding hydrogens is 296 g/mol. The van der Waals surface area contributed by atoms with Gasteiger partial charge >= 0.3 is 0 Å². The molecular formula is C14H19ClN2O2S. The van der Waals surface area contributed by atoms with Crippen LogP contribution >= 0.6 is 23.4 Å². The maximum atomic E-state index is 11.6. The van der Waals surface area contributed by atoms with Crippen molar-refractivity contribution in [2.45, 2.75) is 18.7 Å². The zero-order chi connectivity index (χ0) is 15.0. The molecule has 110 valence electrons. The molecule has 0 saturated heterocycles. The Balaban J connectivity index is 2.14. The molecule has 0 aliphatic heterocycles. The second-order valence-electron chi connectivity index (χ2n) is 4.54. The van der Waals surface area contributed by atoms with Gasteiger partial charge in [-0.25, -0.2) is 0 Å². The van der Waals surface area contributed by atoms with E-state index >= 15 is 0 Å². The molecule has 0 aromatic heterocycles. The Bertz CT molecular complexity index is 449. The summed E-state index contributed by atoms with van der Waals surface area (Å²) in [6.07, 6.45) is 0. The van der Waals surface area contributed by atoms with Crippen molar-refractivity contribution in [2.75, 3.05) is 18.8 Å². The Kier molecular flexibility index (Phi) is 7.47. The highest BCUT2D eigenvalue weighted by atomic mass is 35.5. The van der Waals surface area contributed by atoms with Crippen molar-refractivity contribution in [3.63, 3.8) is 0 Å². The molecule has 0 aliphatic rings. The lowest BCUT2D eigenvalue weighted by Gasteiger charge is -2.08. The number of carbonyl (C=O) groups is 2. The SMILES string of the molecule is CC(C)C(=O)NCCNC(=O)CSc1ccc(Cl)cc1. The van der Waals surface area contributed by atoms with Gasteiger partial charge in [0.2, 0.25) is 11.8 Å². The smallest absolute Gasteiger partial charge is 0.230 e. The lowest BCUT2D eigenvalue weighted by molar-refractivity contribution is -0.124. The molecule has 20 heavy (non-hydrogen) atoms.